The van der Waals surface area contributed by atoms with Crippen LogP contribution in [0.3, 0.4) is 0 Å². The van der Waals surface area contributed by atoms with Gasteiger partial charge in [0.2, 0.25) is 0 Å². The predicted octanol–water partition coefficient (Wildman–Crippen LogP) is 2.45. The summed E-state index contributed by atoms with van der Waals surface area (Å²) in [6, 6.07) is 10.0. The molecule has 7 heteroatoms. The van der Waals surface area contributed by atoms with Gasteiger partial charge in [0.25, 0.3) is 0 Å². The highest BCUT2D eigenvalue weighted by Crippen LogP contribution is 2.21. The van der Waals surface area contributed by atoms with E-state index in [-0.39, 0.29) is 4.90 Å². The molecule has 0 saturated heterocycles. The second-order valence-corrected chi connectivity index (χ2v) is 6.78. The Kier molecular flexibility index (Phi) is 2.99. The monoisotopic (exact) mass is 307 g/mol. The van der Waals surface area contributed by atoms with E-state index >= 15 is 0 Å². The lowest BCUT2D eigenvalue weighted by molar-refractivity contribution is 0.602. The molecule has 0 radical (unpaired) electrons. The van der Waals surface area contributed by atoms with Crippen molar-refractivity contribution in [3.8, 4) is 11.3 Å². The van der Waals surface area contributed by atoms with E-state index < -0.39 is 9.84 Å². The van der Waals surface area contributed by atoms with Crippen molar-refractivity contribution in [3.05, 3.63) is 47.7 Å². The molecule has 20 heavy (non-hydrogen) atoms. The van der Waals surface area contributed by atoms with Crippen molar-refractivity contribution in [1.29, 1.82) is 0 Å². The van der Waals surface area contributed by atoms with Crippen LogP contribution in [-0.2, 0) is 9.84 Å². The zero-order valence-corrected chi connectivity index (χ0v) is 12.1. The van der Waals surface area contributed by atoms with Crippen LogP contribution in [0.1, 0.15) is 0 Å². The van der Waals surface area contributed by atoms with Crippen molar-refractivity contribution in [2.24, 2.45) is 0 Å². The van der Waals surface area contributed by atoms with Gasteiger partial charge in [-0.05, 0) is 24.3 Å². The Bertz CT molecular complexity index is 886. The maximum Gasteiger partial charge on any atom is 0.175 e. The minimum Gasteiger partial charge on any atom is -0.227 e. The van der Waals surface area contributed by atoms with E-state index in [1.54, 1.807) is 47.1 Å². The predicted molar refractivity (Wildman–Crippen MR) is 76.5 cm³/mol. The summed E-state index contributed by atoms with van der Waals surface area (Å²) in [6.45, 7) is 0. The van der Waals surface area contributed by atoms with Gasteiger partial charge in [-0.1, -0.05) is 23.7 Å². The van der Waals surface area contributed by atoms with Gasteiger partial charge in [-0.3, -0.25) is 0 Å². The highest BCUT2D eigenvalue weighted by Gasteiger charge is 2.09. The van der Waals surface area contributed by atoms with Crippen molar-refractivity contribution >= 4 is 27.1 Å². The number of hydrogen-bond acceptors (Lipinski definition) is 4. The SMILES string of the molecule is CS(=O)(=O)c1ccc(-c2cn3nc(Cl)ccc3n2)cc1. The fourth-order valence-electron chi connectivity index (χ4n) is 1.87. The number of rotatable bonds is 2. The van der Waals surface area contributed by atoms with Gasteiger partial charge in [0.15, 0.2) is 15.5 Å². The molecular weight excluding hydrogens is 298 g/mol. The normalized spacial score (nSPS) is 11.9. The molecule has 1 aromatic carbocycles. The van der Waals surface area contributed by atoms with E-state index in [1.165, 1.54) is 6.26 Å². The van der Waals surface area contributed by atoms with Crippen LogP contribution >= 0.6 is 11.6 Å². The average Bonchev–Trinajstić information content (AvgIpc) is 2.80. The van der Waals surface area contributed by atoms with Gasteiger partial charge in [0.05, 0.1) is 16.8 Å². The van der Waals surface area contributed by atoms with Crippen molar-refractivity contribution in [2.75, 3.05) is 6.26 Å². The van der Waals surface area contributed by atoms with Gasteiger partial charge in [0.1, 0.15) is 5.15 Å². The number of benzene rings is 1. The summed E-state index contributed by atoms with van der Waals surface area (Å²) in [7, 11) is -3.19. The summed E-state index contributed by atoms with van der Waals surface area (Å²) in [4.78, 5) is 4.69. The summed E-state index contributed by atoms with van der Waals surface area (Å²) in [5, 5.41) is 4.49. The summed E-state index contributed by atoms with van der Waals surface area (Å²) in [5.74, 6) is 0. The topological polar surface area (TPSA) is 64.3 Å². The van der Waals surface area contributed by atoms with Gasteiger partial charge >= 0.3 is 0 Å². The molecule has 0 spiro atoms. The lowest BCUT2D eigenvalue weighted by Gasteiger charge is -1.99. The molecule has 0 aliphatic heterocycles. The molecule has 5 nitrogen and oxygen atoms in total. The molecule has 0 bridgehead atoms. The first-order valence-electron chi connectivity index (χ1n) is 5.76. The molecule has 3 aromatic rings. The molecule has 0 atom stereocenters. The fraction of sp³-hybridized carbons (Fsp3) is 0.0769. The lowest BCUT2D eigenvalue weighted by atomic mass is 10.2. The van der Waals surface area contributed by atoms with Crippen LogP contribution in [0.2, 0.25) is 5.15 Å². The van der Waals surface area contributed by atoms with Crippen molar-refractivity contribution in [2.45, 2.75) is 4.90 Å². The average molecular weight is 308 g/mol. The molecule has 0 amide bonds. The molecule has 3 rings (SSSR count). The molecule has 2 aromatic heterocycles. The van der Waals surface area contributed by atoms with Gasteiger partial charge in [0, 0.05) is 11.8 Å². The van der Waals surface area contributed by atoms with E-state index in [2.05, 4.69) is 10.1 Å². The molecule has 0 N–H and O–H groups in total. The second-order valence-electron chi connectivity index (χ2n) is 4.38. The van der Waals surface area contributed by atoms with Crippen LogP contribution in [0.25, 0.3) is 16.9 Å². The second kappa shape index (κ2) is 4.57. The van der Waals surface area contributed by atoms with Gasteiger partial charge in [-0.2, -0.15) is 5.10 Å². The number of nitrogens with zero attached hydrogens (tertiary/aromatic N) is 3. The van der Waals surface area contributed by atoms with E-state index in [0.717, 1.165) is 5.56 Å². The third kappa shape index (κ3) is 2.39. The van der Waals surface area contributed by atoms with Gasteiger partial charge in [-0.15, -0.1) is 0 Å². The third-order valence-electron chi connectivity index (χ3n) is 2.87. The van der Waals surface area contributed by atoms with Crippen molar-refractivity contribution < 1.29 is 8.42 Å². The fourth-order valence-corrected chi connectivity index (χ4v) is 2.65. The third-order valence-corrected chi connectivity index (χ3v) is 4.20. The van der Waals surface area contributed by atoms with Gasteiger partial charge in [-0.25, -0.2) is 17.9 Å². The number of imidazole rings is 1. The molecular formula is C13H10ClN3O2S. The van der Waals surface area contributed by atoms with Crippen molar-refractivity contribution in [3.63, 3.8) is 0 Å². The smallest absolute Gasteiger partial charge is 0.175 e. The first-order chi connectivity index (χ1) is 9.43. The number of fused-ring (bicyclic) bond motifs is 1. The van der Waals surface area contributed by atoms with Crippen LogP contribution < -0.4 is 0 Å². The summed E-state index contributed by atoms with van der Waals surface area (Å²) in [6.07, 6.45) is 2.93. The number of aromatic nitrogens is 3. The van der Waals surface area contributed by atoms with E-state index in [0.29, 0.717) is 16.5 Å². The van der Waals surface area contributed by atoms with Crippen LogP contribution in [0, 0.1) is 0 Å². The highest BCUT2D eigenvalue weighted by atomic mass is 35.5. The van der Waals surface area contributed by atoms with Crippen LogP contribution in [0.5, 0.6) is 0 Å². The van der Waals surface area contributed by atoms with Gasteiger partial charge < -0.3 is 0 Å². The number of hydrogen-bond donors (Lipinski definition) is 0. The Morgan fingerprint density at radius 1 is 1.10 bits per heavy atom. The summed E-state index contributed by atoms with van der Waals surface area (Å²) >= 11 is 5.82. The first-order valence-corrected chi connectivity index (χ1v) is 8.03. The molecule has 0 fully saturated rings. The maximum absolute atomic E-state index is 11.4. The first kappa shape index (κ1) is 13.1. The van der Waals surface area contributed by atoms with E-state index in [4.69, 9.17) is 11.6 Å². The van der Waals surface area contributed by atoms with E-state index in [9.17, 15) is 8.42 Å². The Labute approximate surface area is 120 Å². The lowest BCUT2D eigenvalue weighted by Crippen LogP contribution is -1.96. The van der Waals surface area contributed by atoms with Crippen molar-refractivity contribution in [1.82, 2.24) is 14.6 Å². The summed E-state index contributed by atoms with van der Waals surface area (Å²) < 4.78 is 24.4. The largest absolute Gasteiger partial charge is 0.227 e. The quantitative estimate of drug-likeness (QED) is 0.729. The molecule has 0 unspecified atom stereocenters. The summed E-state index contributed by atoms with van der Waals surface area (Å²) in [5.41, 5.74) is 2.20. The Morgan fingerprint density at radius 2 is 1.80 bits per heavy atom. The Balaban J connectivity index is 2.07. The number of halogens is 1. The highest BCUT2D eigenvalue weighted by molar-refractivity contribution is 7.90. The number of sulfone groups is 1. The molecule has 2 heterocycles. The van der Waals surface area contributed by atoms with Crippen LogP contribution in [0.15, 0.2) is 47.5 Å². The Morgan fingerprint density at radius 3 is 2.45 bits per heavy atom. The minimum atomic E-state index is -3.19. The van der Waals surface area contributed by atoms with Crippen LogP contribution in [-0.4, -0.2) is 29.3 Å². The van der Waals surface area contributed by atoms with E-state index in [1.807, 2.05) is 0 Å². The zero-order chi connectivity index (χ0) is 14.3. The molecule has 102 valence electrons. The van der Waals surface area contributed by atoms with Crippen LogP contribution in [0.4, 0.5) is 0 Å². The zero-order valence-electron chi connectivity index (χ0n) is 10.5. The molecule has 0 aliphatic carbocycles. The maximum atomic E-state index is 11.4. The Hall–Kier alpha value is -1.92. The molecule has 0 aliphatic rings. The molecule has 0 saturated carbocycles. The minimum absolute atomic E-state index is 0.284. The standard InChI is InChI=1S/C13H10ClN3O2S/c1-20(18,19)10-4-2-9(3-5-10)11-8-17-13(15-11)7-6-12(14)16-17/h2-8H,1H3.